The van der Waals surface area contributed by atoms with Crippen molar-refractivity contribution in [3.63, 3.8) is 0 Å². The Morgan fingerprint density at radius 1 is 1.47 bits per heavy atom. The van der Waals surface area contributed by atoms with Crippen LogP contribution in [0.5, 0.6) is 0 Å². The SMILES string of the molecule is CCC(C)(C)NC(=O)/C=C/c1cccc(N)c1. The first-order valence-corrected chi connectivity index (χ1v) is 5.79. The zero-order valence-electron chi connectivity index (χ0n) is 10.7. The zero-order valence-corrected chi connectivity index (χ0v) is 10.7. The van der Waals surface area contributed by atoms with Crippen LogP contribution >= 0.6 is 0 Å². The van der Waals surface area contributed by atoms with Gasteiger partial charge < -0.3 is 11.1 Å². The average Bonchev–Trinajstić information content (AvgIpc) is 2.26. The molecule has 0 aromatic heterocycles. The van der Waals surface area contributed by atoms with Crippen LogP contribution in [0.4, 0.5) is 5.69 Å². The van der Waals surface area contributed by atoms with Crippen LogP contribution in [0.25, 0.3) is 6.08 Å². The number of nitrogen functional groups attached to an aromatic ring is 1. The van der Waals surface area contributed by atoms with E-state index in [1.54, 1.807) is 6.08 Å². The van der Waals surface area contributed by atoms with Gasteiger partial charge in [0.1, 0.15) is 0 Å². The van der Waals surface area contributed by atoms with Crippen molar-refractivity contribution in [2.45, 2.75) is 32.7 Å². The van der Waals surface area contributed by atoms with E-state index >= 15 is 0 Å². The second kappa shape index (κ2) is 5.53. The number of hydrogen-bond acceptors (Lipinski definition) is 2. The Bertz CT molecular complexity index is 422. The first kappa shape index (κ1) is 13.3. The summed E-state index contributed by atoms with van der Waals surface area (Å²) in [4.78, 5) is 11.6. The van der Waals surface area contributed by atoms with Crippen LogP contribution in [0.15, 0.2) is 30.3 Å². The Kier molecular flexibility index (Phi) is 4.32. The quantitative estimate of drug-likeness (QED) is 0.619. The Morgan fingerprint density at radius 3 is 2.76 bits per heavy atom. The third kappa shape index (κ3) is 4.72. The largest absolute Gasteiger partial charge is 0.399 e. The number of nitrogens with two attached hydrogens (primary N) is 1. The van der Waals surface area contributed by atoms with Gasteiger partial charge >= 0.3 is 0 Å². The summed E-state index contributed by atoms with van der Waals surface area (Å²) >= 11 is 0. The molecular weight excluding hydrogens is 212 g/mol. The molecule has 1 aromatic rings. The van der Waals surface area contributed by atoms with Crippen LogP contribution in [-0.4, -0.2) is 11.4 Å². The predicted molar refractivity (Wildman–Crippen MR) is 72.4 cm³/mol. The standard InChI is InChI=1S/C14H20N2O/c1-4-14(2,3)16-13(17)9-8-11-6-5-7-12(15)10-11/h5-10H,4,15H2,1-3H3,(H,16,17)/b9-8+. The minimum Gasteiger partial charge on any atom is -0.399 e. The molecule has 3 N–H and O–H groups in total. The van der Waals surface area contributed by atoms with Crippen LogP contribution < -0.4 is 11.1 Å². The number of anilines is 1. The smallest absolute Gasteiger partial charge is 0.244 e. The molecule has 0 radical (unpaired) electrons. The van der Waals surface area contributed by atoms with Gasteiger partial charge in [-0.3, -0.25) is 4.79 Å². The molecule has 0 spiro atoms. The van der Waals surface area contributed by atoms with E-state index < -0.39 is 0 Å². The lowest BCUT2D eigenvalue weighted by atomic mass is 10.0. The van der Waals surface area contributed by atoms with Gasteiger partial charge in [-0.2, -0.15) is 0 Å². The van der Waals surface area contributed by atoms with Crippen molar-refractivity contribution in [2.75, 3.05) is 5.73 Å². The molecule has 1 aromatic carbocycles. The third-order valence-corrected chi connectivity index (χ3v) is 2.68. The molecule has 0 aliphatic rings. The highest BCUT2D eigenvalue weighted by Crippen LogP contribution is 2.09. The number of amides is 1. The molecule has 3 heteroatoms. The van der Waals surface area contributed by atoms with Crippen molar-refractivity contribution in [2.24, 2.45) is 0 Å². The van der Waals surface area contributed by atoms with Gasteiger partial charge in [0.25, 0.3) is 0 Å². The highest BCUT2D eigenvalue weighted by molar-refractivity contribution is 5.92. The van der Waals surface area contributed by atoms with Crippen molar-refractivity contribution in [3.05, 3.63) is 35.9 Å². The first-order chi connectivity index (χ1) is 7.93. The molecule has 1 rings (SSSR count). The number of carbonyl (C=O) groups excluding carboxylic acids is 1. The van der Waals surface area contributed by atoms with Crippen LogP contribution in [0.2, 0.25) is 0 Å². The fraction of sp³-hybridized carbons (Fsp3) is 0.357. The summed E-state index contributed by atoms with van der Waals surface area (Å²) in [5, 5.41) is 2.93. The molecule has 0 saturated carbocycles. The maximum absolute atomic E-state index is 11.6. The Labute approximate surface area is 103 Å². The molecule has 0 heterocycles. The van der Waals surface area contributed by atoms with E-state index in [0.29, 0.717) is 5.69 Å². The van der Waals surface area contributed by atoms with Crippen LogP contribution in [0, 0.1) is 0 Å². The minimum absolute atomic E-state index is 0.0840. The van der Waals surface area contributed by atoms with Crippen LogP contribution in [0.3, 0.4) is 0 Å². The van der Waals surface area contributed by atoms with E-state index in [2.05, 4.69) is 5.32 Å². The van der Waals surface area contributed by atoms with E-state index in [4.69, 9.17) is 5.73 Å². The van der Waals surface area contributed by atoms with E-state index in [1.165, 1.54) is 6.08 Å². The van der Waals surface area contributed by atoms with E-state index in [1.807, 2.05) is 45.0 Å². The zero-order chi connectivity index (χ0) is 12.9. The number of benzene rings is 1. The molecule has 1 amide bonds. The van der Waals surface area contributed by atoms with Crippen molar-refractivity contribution in [1.82, 2.24) is 5.32 Å². The predicted octanol–water partition coefficient (Wildman–Crippen LogP) is 2.59. The van der Waals surface area contributed by atoms with Crippen molar-refractivity contribution >= 4 is 17.7 Å². The molecule has 0 fully saturated rings. The van der Waals surface area contributed by atoms with E-state index in [0.717, 1.165) is 12.0 Å². The summed E-state index contributed by atoms with van der Waals surface area (Å²) < 4.78 is 0. The van der Waals surface area contributed by atoms with Crippen molar-refractivity contribution in [1.29, 1.82) is 0 Å². The van der Waals surface area contributed by atoms with Gasteiger partial charge in [-0.15, -0.1) is 0 Å². The van der Waals surface area contributed by atoms with Gasteiger partial charge in [-0.25, -0.2) is 0 Å². The van der Waals surface area contributed by atoms with Crippen LogP contribution in [-0.2, 0) is 4.79 Å². The fourth-order valence-corrected chi connectivity index (χ4v) is 1.30. The summed E-state index contributed by atoms with van der Waals surface area (Å²) in [6.45, 7) is 6.04. The molecule has 92 valence electrons. The third-order valence-electron chi connectivity index (χ3n) is 2.68. The second-order valence-corrected chi connectivity index (χ2v) is 4.73. The molecule has 0 bridgehead atoms. The number of rotatable bonds is 4. The molecule has 0 aliphatic heterocycles. The summed E-state index contributed by atoms with van der Waals surface area (Å²) in [6.07, 6.45) is 4.19. The van der Waals surface area contributed by atoms with Gasteiger partial charge in [0.15, 0.2) is 0 Å². The number of nitrogens with one attached hydrogen (secondary N) is 1. The number of carbonyl (C=O) groups is 1. The molecule has 17 heavy (non-hydrogen) atoms. The Balaban J connectivity index is 2.63. The monoisotopic (exact) mass is 232 g/mol. The normalized spacial score (nSPS) is 11.7. The Hall–Kier alpha value is -1.77. The van der Waals surface area contributed by atoms with Gasteiger partial charge in [-0.1, -0.05) is 19.1 Å². The summed E-state index contributed by atoms with van der Waals surface area (Å²) in [5.41, 5.74) is 7.11. The lowest BCUT2D eigenvalue weighted by Crippen LogP contribution is -2.41. The second-order valence-electron chi connectivity index (χ2n) is 4.73. The van der Waals surface area contributed by atoms with Crippen LogP contribution in [0.1, 0.15) is 32.8 Å². The summed E-state index contributed by atoms with van der Waals surface area (Å²) in [5.74, 6) is -0.0840. The summed E-state index contributed by atoms with van der Waals surface area (Å²) in [7, 11) is 0. The van der Waals surface area contributed by atoms with Gasteiger partial charge in [0.05, 0.1) is 0 Å². The molecule has 0 unspecified atom stereocenters. The minimum atomic E-state index is -0.170. The molecular formula is C14H20N2O. The highest BCUT2D eigenvalue weighted by atomic mass is 16.1. The first-order valence-electron chi connectivity index (χ1n) is 5.79. The van der Waals surface area contributed by atoms with Crippen molar-refractivity contribution in [3.8, 4) is 0 Å². The highest BCUT2D eigenvalue weighted by Gasteiger charge is 2.15. The van der Waals surface area contributed by atoms with Crippen molar-refractivity contribution < 1.29 is 4.79 Å². The van der Waals surface area contributed by atoms with Gasteiger partial charge in [0.2, 0.25) is 5.91 Å². The van der Waals surface area contributed by atoms with Gasteiger partial charge in [0, 0.05) is 17.3 Å². The lowest BCUT2D eigenvalue weighted by Gasteiger charge is -2.23. The molecule has 3 nitrogen and oxygen atoms in total. The Morgan fingerprint density at radius 2 is 2.18 bits per heavy atom. The molecule has 0 aliphatic carbocycles. The lowest BCUT2D eigenvalue weighted by molar-refractivity contribution is -0.117. The van der Waals surface area contributed by atoms with E-state index in [9.17, 15) is 4.79 Å². The fourth-order valence-electron chi connectivity index (χ4n) is 1.30. The molecule has 0 atom stereocenters. The maximum Gasteiger partial charge on any atom is 0.244 e. The van der Waals surface area contributed by atoms with Gasteiger partial charge in [-0.05, 0) is 44.0 Å². The summed E-state index contributed by atoms with van der Waals surface area (Å²) in [6, 6.07) is 7.42. The average molecular weight is 232 g/mol. The van der Waals surface area contributed by atoms with E-state index in [-0.39, 0.29) is 11.4 Å². The topological polar surface area (TPSA) is 55.1 Å². The maximum atomic E-state index is 11.6. The number of hydrogen-bond donors (Lipinski definition) is 2. The molecule has 0 saturated heterocycles.